The van der Waals surface area contributed by atoms with Gasteiger partial charge in [-0.3, -0.25) is 14.5 Å². The molecular weight excluding hydrogens is 264 g/mol. The fourth-order valence-electron chi connectivity index (χ4n) is 3.50. The van der Waals surface area contributed by atoms with Crippen molar-refractivity contribution in [2.24, 2.45) is 0 Å². The summed E-state index contributed by atoms with van der Waals surface area (Å²) in [6, 6.07) is 9.74. The van der Waals surface area contributed by atoms with Gasteiger partial charge in [-0.1, -0.05) is 30.3 Å². The first-order valence-corrected chi connectivity index (χ1v) is 7.76. The molecule has 1 aromatic rings. The average molecular weight is 286 g/mol. The predicted molar refractivity (Wildman–Crippen MR) is 80.8 cm³/mol. The van der Waals surface area contributed by atoms with E-state index in [1.165, 1.54) is 0 Å². The van der Waals surface area contributed by atoms with Gasteiger partial charge in [-0.05, 0) is 44.8 Å². The molecule has 2 unspecified atom stereocenters. The predicted octanol–water partition coefficient (Wildman–Crippen LogP) is 1.85. The van der Waals surface area contributed by atoms with Crippen molar-refractivity contribution in [3.63, 3.8) is 0 Å². The van der Waals surface area contributed by atoms with E-state index < -0.39 is 5.41 Å². The summed E-state index contributed by atoms with van der Waals surface area (Å²) in [5.41, 5.74) is 0.246. The molecule has 2 atom stereocenters. The van der Waals surface area contributed by atoms with Crippen LogP contribution in [0.1, 0.15) is 38.2 Å². The summed E-state index contributed by atoms with van der Waals surface area (Å²) in [5.74, 6) is -0.0381. The van der Waals surface area contributed by atoms with Gasteiger partial charge in [0.05, 0.1) is 5.41 Å². The number of hydrogen-bond donors (Lipinski definition) is 1. The molecule has 0 radical (unpaired) electrons. The minimum Gasteiger partial charge on any atom is -0.317 e. The minimum atomic E-state index is -0.696. The number of hydrogen-bond acceptors (Lipinski definition) is 3. The summed E-state index contributed by atoms with van der Waals surface area (Å²) in [4.78, 5) is 27.0. The third-order valence-corrected chi connectivity index (χ3v) is 4.79. The Morgan fingerprint density at radius 3 is 2.67 bits per heavy atom. The molecule has 3 rings (SSSR count). The Labute approximate surface area is 125 Å². The van der Waals surface area contributed by atoms with Crippen molar-refractivity contribution in [2.75, 3.05) is 13.1 Å². The molecule has 112 valence electrons. The zero-order valence-corrected chi connectivity index (χ0v) is 12.5. The Bertz CT molecular complexity index is 535. The summed E-state index contributed by atoms with van der Waals surface area (Å²) < 4.78 is 0. The van der Waals surface area contributed by atoms with Gasteiger partial charge in [0, 0.05) is 12.5 Å². The van der Waals surface area contributed by atoms with Crippen LogP contribution in [0.2, 0.25) is 0 Å². The van der Waals surface area contributed by atoms with Gasteiger partial charge in [0.25, 0.3) is 0 Å². The topological polar surface area (TPSA) is 49.4 Å². The van der Waals surface area contributed by atoms with Gasteiger partial charge in [-0.25, -0.2) is 0 Å². The van der Waals surface area contributed by atoms with Crippen LogP contribution in [0.3, 0.4) is 0 Å². The third kappa shape index (κ3) is 2.48. The SMILES string of the molecule is CC1(c2ccccc2)CC(=O)N(C2CCCNCC2)C1=O. The molecule has 2 saturated heterocycles. The van der Waals surface area contributed by atoms with Crippen molar-refractivity contribution in [2.45, 2.75) is 44.1 Å². The molecule has 4 nitrogen and oxygen atoms in total. The van der Waals surface area contributed by atoms with Crippen LogP contribution in [0.5, 0.6) is 0 Å². The molecule has 0 spiro atoms. The Balaban J connectivity index is 1.88. The van der Waals surface area contributed by atoms with Crippen LogP contribution in [0.4, 0.5) is 0 Å². The van der Waals surface area contributed by atoms with Crippen LogP contribution in [0.15, 0.2) is 30.3 Å². The maximum Gasteiger partial charge on any atom is 0.240 e. The molecule has 0 aromatic heterocycles. The van der Waals surface area contributed by atoms with E-state index in [2.05, 4.69) is 5.32 Å². The molecule has 0 saturated carbocycles. The van der Waals surface area contributed by atoms with E-state index in [4.69, 9.17) is 0 Å². The van der Waals surface area contributed by atoms with E-state index in [0.29, 0.717) is 6.42 Å². The second-order valence-corrected chi connectivity index (χ2v) is 6.28. The maximum absolute atomic E-state index is 12.9. The summed E-state index contributed by atoms with van der Waals surface area (Å²) in [7, 11) is 0. The van der Waals surface area contributed by atoms with E-state index in [0.717, 1.165) is 37.9 Å². The summed E-state index contributed by atoms with van der Waals surface area (Å²) in [5, 5.41) is 3.33. The highest BCUT2D eigenvalue weighted by atomic mass is 16.2. The number of nitrogens with zero attached hydrogens (tertiary/aromatic N) is 1. The molecule has 1 N–H and O–H groups in total. The highest BCUT2D eigenvalue weighted by molar-refractivity contribution is 6.09. The normalized spacial score (nSPS) is 30.5. The van der Waals surface area contributed by atoms with Crippen molar-refractivity contribution in [3.8, 4) is 0 Å². The van der Waals surface area contributed by atoms with Crippen molar-refractivity contribution in [3.05, 3.63) is 35.9 Å². The number of carbonyl (C=O) groups is 2. The van der Waals surface area contributed by atoms with Crippen LogP contribution >= 0.6 is 0 Å². The lowest BCUT2D eigenvalue weighted by atomic mass is 9.81. The quantitative estimate of drug-likeness (QED) is 0.844. The molecule has 1 aromatic carbocycles. The molecule has 2 heterocycles. The van der Waals surface area contributed by atoms with Gasteiger partial charge >= 0.3 is 0 Å². The number of benzene rings is 1. The number of imide groups is 1. The van der Waals surface area contributed by atoms with Crippen LogP contribution in [0.25, 0.3) is 0 Å². The molecule has 2 amide bonds. The smallest absolute Gasteiger partial charge is 0.240 e. The van der Waals surface area contributed by atoms with Crippen LogP contribution in [-0.2, 0) is 15.0 Å². The fraction of sp³-hybridized carbons (Fsp3) is 0.529. The monoisotopic (exact) mass is 286 g/mol. The van der Waals surface area contributed by atoms with Crippen molar-refractivity contribution in [1.29, 1.82) is 0 Å². The molecule has 2 fully saturated rings. The Morgan fingerprint density at radius 1 is 1.14 bits per heavy atom. The van der Waals surface area contributed by atoms with Crippen molar-refractivity contribution in [1.82, 2.24) is 10.2 Å². The highest BCUT2D eigenvalue weighted by Gasteiger charge is 2.51. The Morgan fingerprint density at radius 2 is 1.90 bits per heavy atom. The summed E-state index contributed by atoms with van der Waals surface area (Å²) in [6.07, 6.45) is 3.08. The Hall–Kier alpha value is -1.68. The third-order valence-electron chi connectivity index (χ3n) is 4.79. The lowest BCUT2D eigenvalue weighted by molar-refractivity contribution is -0.142. The van der Waals surface area contributed by atoms with Gasteiger partial charge in [-0.15, -0.1) is 0 Å². The fourth-order valence-corrected chi connectivity index (χ4v) is 3.50. The first-order valence-electron chi connectivity index (χ1n) is 7.76. The average Bonchev–Trinajstić information content (AvgIpc) is 2.69. The molecule has 0 aliphatic carbocycles. The number of likely N-dealkylation sites (tertiary alicyclic amines) is 1. The zero-order chi connectivity index (χ0) is 14.9. The van der Waals surface area contributed by atoms with Gasteiger partial charge < -0.3 is 5.32 Å². The minimum absolute atomic E-state index is 0.0155. The first-order chi connectivity index (χ1) is 10.1. The largest absolute Gasteiger partial charge is 0.317 e. The van der Waals surface area contributed by atoms with E-state index in [-0.39, 0.29) is 17.9 Å². The van der Waals surface area contributed by atoms with Crippen molar-refractivity contribution >= 4 is 11.8 Å². The van der Waals surface area contributed by atoms with E-state index >= 15 is 0 Å². The second-order valence-electron chi connectivity index (χ2n) is 6.28. The second kappa shape index (κ2) is 5.60. The van der Waals surface area contributed by atoms with Gasteiger partial charge in [0.1, 0.15) is 0 Å². The van der Waals surface area contributed by atoms with Crippen LogP contribution in [-0.4, -0.2) is 35.8 Å². The zero-order valence-electron chi connectivity index (χ0n) is 12.5. The molecule has 2 aliphatic rings. The molecular formula is C17H22N2O2. The summed E-state index contributed by atoms with van der Waals surface area (Å²) >= 11 is 0. The molecule has 4 heteroatoms. The van der Waals surface area contributed by atoms with Gasteiger partial charge in [0.15, 0.2) is 0 Å². The number of carbonyl (C=O) groups excluding carboxylic acids is 2. The van der Waals surface area contributed by atoms with Crippen LogP contribution < -0.4 is 5.32 Å². The van der Waals surface area contributed by atoms with Crippen LogP contribution in [0, 0.1) is 0 Å². The lowest BCUT2D eigenvalue weighted by Crippen LogP contribution is -2.43. The number of nitrogens with one attached hydrogen (secondary N) is 1. The molecule has 21 heavy (non-hydrogen) atoms. The summed E-state index contributed by atoms with van der Waals surface area (Å²) in [6.45, 7) is 3.75. The van der Waals surface area contributed by atoms with Gasteiger partial charge in [0.2, 0.25) is 11.8 Å². The van der Waals surface area contributed by atoms with Crippen molar-refractivity contribution < 1.29 is 9.59 Å². The number of amides is 2. The van der Waals surface area contributed by atoms with Gasteiger partial charge in [-0.2, -0.15) is 0 Å². The Kier molecular flexibility index (Phi) is 3.81. The van der Waals surface area contributed by atoms with E-state index in [1.807, 2.05) is 37.3 Å². The standard InChI is InChI=1S/C17H22N2O2/c1-17(13-6-3-2-4-7-13)12-15(20)19(16(17)21)14-8-5-10-18-11-9-14/h2-4,6-7,14,18H,5,8-12H2,1H3. The maximum atomic E-state index is 12.9. The lowest BCUT2D eigenvalue weighted by Gasteiger charge is -2.28. The molecule has 2 aliphatic heterocycles. The van der Waals surface area contributed by atoms with E-state index in [9.17, 15) is 9.59 Å². The first kappa shape index (κ1) is 14.3. The van der Waals surface area contributed by atoms with E-state index in [1.54, 1.807) is 4.90 Å². The molecule has 0 bridgehead atoms. The highest BCUT2D eigenvalue weighted by Crippen LogP contribution is 2.38. The number of rotatable bonds is 2.